The van der Waals surface area contributed by atoms with Gasteiger partial charge in [0.25, 0.3) is 0 Å². The first-order valence-electron chi connectivity index (χ1n) is 11.2. The van der Waals surface area contributed by atoms with Gasteiger partial charge in [0.1, 0.15) is 23.4 Å². The van der Waals surface area contributed by atoms with Crippen LogP contribution in [0, 0.1) is 0 Å². The Morgan fingerprint density at radius 3 is 2.03 bits per heavy atom. The summed E-state index contributed by atoms with van der Waals surface area (Å²) >= 11 is 0. The number of halogens is 3. The van der Waals surface area contributed by atoms with Crippen LogP contribution in [0.2, 0.25) is 0 Å². The van der Waals surface area contributed by atoms with Crippen LogP contribution in [0.15, 0.2) is 60.7 Å². The predicted octanol–water partition coefficient (Wildman–Crippen LogP) is 7.72. The van der Waals surface area contributed by atoms with Crippen molar-refractivity contribution in [1.82, 2.24) is 0 Å². The second-order valence-electron chi connectivity index (χ2n) is 7.71. The van der Waals surface area contributed by atoms with E-state index < -0.39 is 11.7 Å². The standard InChI is InChI=1S/C26H31F3O4/c1-3-4-5-6-7-8-19-31-25(30)18-9-20(2)32-22-14-16-24(17-15-22)33-23-12-10-21(11-13-23)26(27,28)29/h9-18,20H,3-8,19H2,1-2H3. The van der Waals surface area contributed by atoms with Crippen LogP contribution in [0.1, 0.15) is 57.9 Å². The van der Waals surface area contributed by atoms with Gasteiger partial charge in [-0.2, -0.15) is 13.2 Å². The zero-order chi connectivity index (χ0) is 24.1. The summed E-state index contributed by atoms with van der Waals surface area (Å²) in [7, 11) is 0. The molecule has 0 fully saturated rings. The smallest absolute Gasteiger partial charge is 0.416 e. The van der Waals surface area contributed by atoms with Crippen molar-refractivity contribution in [3.8, 4) is 17.2 Å². The maximum absolute atomic E-state index is 12.6. The monoisotopic (exact) mass is 464 g/mol. The van der Waals surface area contributed by atoms with Crippen molar-refractivity contribution in [2.75, 3.05) is 6.61 Å². The van der Waals surface area contributed by atoms with Crippen LogP contribution in [0.5, 0.6) is 17.2 Å². The average molecular weight is 465 g/mol. The number of hydrogen-bond donors (Lipinski definition) is 0. The van der Waals surface area contributed by atoms with E-state index in [2.05, 4.69) is 6.92 Å². The Morgan fingerprint density at radius 1 is 0.879 bits per heavy atom. The van der Waals surface area contributed by atoms with Crippen molar-refractivity contribution in [2.24, 2.45) is 0 Å². The van der Waals surface area contributed by atoms with Gasteiger partial charge in [0.2, 0.25) is 0 Å². The molecule has 2 aromatic rings. The van der Waals surface area contributed by atoms with Gasteiger partial charge in [-0.1, -0.05) is 39.0 Å². The Bertz CT molecular complexity index is 859. The summed E-state index contributed by atoms with van der Waals surface area (Å²) in [5.74, 6) is 0.933. The van der Waals surface area contributed by atoms with Crippen molar-refractivity contribution in [3.05, 3.63) is 66.2 Å². The number of carbonyl (C=O) groups excluding carboxylic acids is 1. The summed E-state index contributed by atoms with van der Waals surface area (Å²) < 4.78 is 54.4. The zero-order valence-corrected chi connectivity index (χ0v) is 19.1. The lowest BCUT2D eigenvalue weighted by molar-refractivity contribution is -0.138. The number of carbonyl (C=O) groups is 1. The van der Waals surface area contributed by atoms with E-state index in [0.29, 0.717) is 23.9 Å². The average Bonchev–Trinajstić information content (AvgIpc) is 2.78. The number of alkyl halides is 3. The molecule has 0 aliphatic carbocycles. The summed E-state index contributed by atoms with van der Waals surface area (Å²) in [4.78, 5) is 11.8. The van der Waals surface area contributed by atoms with Crippen molar-refractivity contribution in [1.29, 1.82) is 0 Å². The lowest BCUT2D eigenvalue weighted by Crippen LogP contribution is -2.10. The number of unbranched alkanes of at least 4 members (excludes halogenated alkanes) is 5. The van der Waals surface area contributed by atoms with E-state index in [0.717, 1.165) is 25.0 Å². The molecule has 0 bridgehead atoms. The molecule has 4 nitrogen and oxygen atoms in total. The minimum absolute atomic E-state index is 0.299. The Morgan fingerprint density at radius 2 is 1.42 bits per heavy atom. The second kappa shape index (κ2) is 13.6. The van der Waals surface area contributed by atoms with Gasteiger partial charge in [0.05, 0.1) is 12.2 Å². The molecule has 0 amide bonds. The fraction of sp³-hybridized carbons (Fsp3) is 0.423. The van der Waals surface area contributed by atoms with Gasteiger partial charge in [0.15, 0.2) is 0 Å². The Balaban J connectivity index is 1.72. The molecule has 0 aliphatic heterocycles. The highest BCUT2D eigenvalue weighted by atomic mass is 19.4. The second-order valence-corrected chi connectivity index (χ2v) is 7.71. The van der Waals surface area contributed by atoms with Crippen LogP contribution >= 0.6 is 0 Å². The quantitative estimate of drug-likeness (QED) is 0.173. The minimum atomic E-state index is -4.38. The Kier molecular flexibility index (Phi) is 10.8. The first kappa shape index (κ1) is 26.3. The maximum Gasteiger partial charge on any atom is 0.416 e. The SMILES string of the molecule is CCCCCCCCOC(=O)C=CC(C)Oc1ccc(Oc2ccc(C(F)(F)F)cc2)cc1. The summed E-state index contributed by atoms with van der Waals surface area (Å²) in [5.41, 5.74) is -0.730. The lowest BCUT2D eigenvalue weighted by Gasteiger charge is -2.12. The number of rotatable bonds is 13. The summed E-state index contributed by atoms with van der Waals surface area (Å²) in [6, 6.07) is 11.1. The molecule has 0 N–H and O–H groups in total. The Labute approximate surface area is 193 Å². The van der Waals surface area contributed by atoms with Crippen LogP contribution in [-0.4, -0.2) is 18.7 Å². The fourth-order valence-corrected chi connectivity index (χ4v) is 3.01. The van der Waals surface area contributed by atoms with Gasteiger partial charge in [-0.3, -0.25) is 0 Å². The number of hydrogen-bond acceptors (Lipinski definition) is 4. The van der Waals surface area contributed by atoms with Crippen LogP contribution in [0.4, 0.5) is 13.2 Å². The van der Waals surface area contributed by atoms with E-state index in [1.165, 1.54) is 43.9 Å². The molecule has 0 spiro atoms. The molecule has 2 aromatic carbocycles. The molecule has 180 valence electrons. The van der Waals surface area contributed by atoms with E-state index in [-0.39, 0.29) is 12.1 Å². The molecule has 2 rings (SSSR count). The van der Waals surface area contributed by atoms with Crippen molar-refractivity contribution >= 4 is 5.97 Å². The Hall–Kier alpha value is -2.96. The van der Waals surface area contributed by atoms with Crippen LogP contribution in [0.3, 0.4) is 0 Å². The topological polar surface area (TPSA) is 44.8 Å². The van der Waals surface area contributed by atoms with Gasteiger partial charge in [0, 0.05) is 6.08 Å². The zero-order valence-electron chi connectivity index (χ0n) is 19.1. The normalized spacial score (nSPS) is 12.5. The highest BCUT2D eigenvalue weighted by molar-refractivity contribution is 5.81. The summed E-state index contributed by atoms with van der Waals surface area (Å²) in [6.45, 7) is 4.39. The van der Waals surface area contributed by atoms with Gasteiger partial charge in [-0.25, -0.2) is 4.79 Å². The van der Waals surface area contributed by atoms with E-state index in [9.17, 15) is 18.0 Å². The minimum Gasteiger partial charge on any atom is -0.487 e. The highest BCUT2D eigenvalue weighted by Crippen LogP contribution is 2.31. The third-order valence-electron chi connectivity index (χ3n) is 4.81. The first-order valence-corrected chi connectivity index (χ1v) is 11.2. The van der Waals surface area contributed by atoms with E-state index in [4.69, 9.17) is 14.2 Å². The lowest BCUT2D eigenvalue weighted by atomic mass is 10.1. The molecule has 0 aliphatic rings. The highest BCUT2D eigenvalue weighted by Gasteiger charge is 2.30. The summed E-state index contributed by atoms with van der Waals surface area (Å²) in [6.07, 6.45) is 5.03. The van der Waals surface area contributed by atoms with Crippen molar-refractivity contribution in [3.63, 3.8) is 0 Å². The third-order valence-corrected chi connectivity index (χ3v) is 4.81. The molecule has 0 aromatic heterocycles. The first-order chi connectivity index (χ1) is 15.8. The molecule has 33 heavy (non-hydrogen) atoms. The van der Waals surface area contributed by atoms with Crippen molar-refractivity contribution < 1.29 is 32.2 Å². The van der Waals surface area contributed by atoms with Gasteiger partial charge >= 0.3 is 12.1 Å². The van der Waals surface area contributed by atoms with E-state index in [1.807, 2.05) is 0 Å². The molecular formula is C26H31F3O4. The molecule has 1 atom stereocenters. The number of benzene rings is 2. The summed E-state index contributed by atoms with van der Waals surface area (Å²) in [5, 5.41) is 0. The van der Waals surface area contributed by atoms with Crippen molar-refractivity contribution in [2.45, 2.75) is 64.7 Å². The molecule has 0 saturated heterocycles. The fourth-order valence-electron chi connectivity index (χ4n) is 3.01. The van der Waals surface area contributed by atoms with Gasteiger partial charge in [-0.15, -0.1) is 0 Å². The number of esters is 1. The number of ether oxygens (including phenoxy) is 3. The maximum atomic E-state index is 12.6. The molecular weight excluding hydrogens is 433 g/mol. The molecule has 0 saturated carbocycles. The molecule has 7 heteroatoms. The van der Waals surface area contributed by atoms with Gasteiger partial charge < -0.3 is 14.2 Å². The largest absolute Gasteiger partial charge is 0.487 e. The van der Waals surface area contributed by atoms with E-state index >= 15 is 0 Å². The van der Waals surface area contributed by atoms with Gasteiger partial charge in [-0.05, 0) is 68.0 Å². The van der Waals surface area contributed by atoms with E-state index in [1.54, 1.807) is 37.3 Å². The molecule has 0 radical (unpaired) electrons. The van der Waals surface area contributed by atoms with Crippen LogP contribution in [-0.2, 0) is 15.7 Å². The molecule has 0 heterocycles. The third kappa shape index (κ3) is 10.5. The molecule has 1 unspecified atom stereocenters. The predicted molar refractivity (Wildman–Crippen MR) is 122 cm³/mol. The van der Waals surface area contributed by atoms with Crippen LogP contribution < -0.4 is 9.47 Å². The van der Waals surface area contributed by atoms with Crippen LogP contribution in [0.25, 0.3) is 0 Å².